The summed E-state index contributed by atoms with van der Waals surface area (Å²) in [6, 6.07) is 6.64. The zero-order chi connectivity index (χ0) is 13.1. The van der Waals surface area contributed by atoms with Crippen LogP contribution in [0, 0.1) is 0 Å². The van der Waals surface area contributed by atoms with Crippen molar-refractivity contribution in [3.05, 3.63) is 51.5 Å². The summed E-state index contributed by atoms with van der Waals surface area (Å²) in [7, 11) is 0. The highest BCUT2D eigenvalue weighted by molar-refractivity contribution is 9.09. The van der Waals surface area contributed by atoms with Gasteiger partial charge in [0.1, 0.15) is 0 Å². The predicted octanol–water partition coefficient (Wildman–Crippen LogP) is 5.09. The molecule has 0 saturated carbocycles. The lowest BCUT2D eigenvalue weighted by molar-refractivity contribution is 0.712. The maximum absolute atomic E-state index is 4.08. The lowest BCUT2D eigenvalue weighted by atomic mass is 10.1. The molecule has 1 aliphatic carbocycles. The van der Waals surface area contributed by atoms with Gasteiger partial charge in [-0.3, -0.25) is 4.98 Å². The third-order valence-corrected chi connectivity index (χ3v) is 6.21. The first kappa shape index (κ1) is 13.3. The molecule has 0 bridgehead atoms. The monoisotopic (exact) mass is 335 g/mol. The number of hydrogen-bond acceptors (Lipinski definition) is 2. The Morgan fingerprint density at radius 2 is 1.95 bits per heavy atom. The number of pyridine rings is 1. The Kier molecular flexibility index (Phi) is 4.34. The molecule has 3 heteroatoms. The number of nitrogens with zero attached hydrogens (tertiary/aromatic N) is 1. The summed E-state index contributed by atoms with van der Waals surface area (Å²) in [6.45, 7) is 0. The maximum Gasteiger partial charge on any atom is 0.0529 e. The largest absolute Gasteiger partial charge is 0.265 e. The molecule has 1 unspecified atom stereocenters. The SMILES string of the molecule is BrC(Cc1ccncc1)c1cc2c(s1)CCCCC2. The van der Waals surface area contributed by atoms with Crippen molar-refractivity contribution in [3.8, 4) is 0 Å². The third-order valence-electron chi connectivity index (χ3n) is 3.74. The van der Waals surface area contributed by atoms with Crippen LogP contribution < -0.4 is 0 Å². The molecule has 2 aromatic rings. The second-order valence-electron chi connectivity index (χ2n) is 5.18. The highest BCUT2D eigenvalue weighted by Crippen LogP contribution is 2.37. The van der Waals surface area contributed by atoms with Crippen molar-refractivity contribution in [2.75, 3.05) is 0 Å². The van der Waals surface area contributed by atoms with Crippen LogP contribution in [-0.4, -0.2) is 4.98 Å². The molecule has 2 heterocycles. The van der Waals surface area contributed by atoms with Gasteiger partial charge in [-0.15, -0.1) is 11.3 Å². The maximum atomic E-state index is 4.08. The van der Waals surface area contributed by atoms with E-state index in [2.05, 4.69) is 39.1 Å². The Hall–Kier alpha value is -0.670. The van der Waals surface area contributed by atoms with Crippen molar-refractivity contribution in [3.63, 3.8) is 0 Å². The molecule has 1 atom stereocenters. The van der Waals surface area contributed by atoms with Crippen LogP contribution in [0.5, 0.6) is 0 Å². The van der Waals surface area contributed by atoms with Gasteiger partial charge in [-0.25, -0.2) is 0 Å². The van der Waals surface area contributed by atoms with Gasteiger partial charge in [-0.2, -0.15) is 0 Å². The van der Waals surface area contributed by atoms with Crippen molar-refractivity contribution in [1.29, 1.82) is 0 Å². The Bertz CT molecular complexity index is 511. The second-order valence-corrected chi connectivity index (χ2v) is 7.46. The Labute approximate surface area is 127 Å². The van der Waals surface area contributed by atoms with Crippen LogP contribution in [-0.2, 0) is 19.3 Å². The topological polar surface area (TPSA) is 12.9 Å². The van der Waals surface area contributed by atoms with Gasteiger partial charge in [0, 0.05) is 22.1 Å². The van der Waals surface area contributed by atoms with Gasteiger partial charge in [0.25, 0.3) is 0 Å². The summed E-state index contributed by atoms with van der Waals surface area (Å²) in [5.41, 5.74) is 2.96. The molecule has 0 aliphatic heterocycles. The first-order valence-corrected chi connectivity index (χ1v) is 8.70. The molecular formula is C16H18BrNS. The highest BCUT2D eigenvalue weighted by atomic mass is 79.9. The van der Waals surface area contributed by atoms with E-state index in [9.17, 15) is 0 Å². The Morgan fingerprint density at radius 1 is 1.16 bits per heavy atom. The quantitative estimate of drug-likeness (QED) is 0.562. The smallest absolute Gasteiger partial charge is 0.0529 e. The number of aryl methyl sites for hydroxylation is 2. The van der Waals surface area contributed by atoms with E-state index in [0.29, 0.717) is 4.83 Å². The molecule has 1 nitrogen and oxygen atoms in total. The molecule has 0 N–H and O–H groups in total. The minimum absolute atomic E-state index is 0.437. The minimum atomic E-state index is 0.437. The zero-order valence-corrected chi connectivity index (χ0v) is 13.3. The van der Waals surface area contributed by atoms with Gasteiger partial charge in [0.2, 0.25) is 0 Å². The van der Waals surface area contributed by atoms with Gasteiger partial charge in [-0.1, -0.05) is 22.4 Å². The number of halogens is 1. The Balaban J connectivity index is 1.75. The molecule has 0 spiro atoms. The number of aromatic nitrogens is 1. The number of fused-ring (bicyclic) bond motifs is 1. The van der Waals surface area contributed by atoms with E-state index in [-0.39, 0.29) is 0 Å². The summed E-state index contributed by atoms with van der Waals surface area (Å²) in [5.74, 6) is 0. The average molecular weight is 336 g/mol. The van der Waals surface area contributed by atoms with Crippen molar-refractivity contribution >= 4 is 27.3 Å². The summed E-state index contributed by atoms with van der Waals surface area (Å²) in [4.78, 5) is 7.63. The highest BCUT2D eigenvalue weighted by Gasteiger charge is 2.17. The number of thiophene rings is 1. The molecule has 19 heavy (non-hydrogen) atoms. The summed E-state index contributed by atoms with van der Waals surface area (Å²) in [5, 5.41) is 0. The fraction of sp³-hybridized carbons (Fsp3) is 0.438. The van der Waals surface area contributed by atoms with E-state index in [0.717, 1.165) is 6.42 Å². The molecule has 0 aromatic carbocycles. The van der Waals surface area contributed by atoms with E-state index in [4.69, 9.17) is 0 Å². The second kappa shape index (κ2) is 6.19. The van der Waals surface area contributed by atoms with Gasteiger partial charge in [0.05, 0.1) is 4.83 Å². The van der Waals surface area contributed by atoms with Crippen LogP contribution in [0.1, 0.15) is 45.0 Å². The van der Waals surface area contributed by atoms with Crippen LogP contribution in [0.15, 0.2) is 30.6 Å². The molecule has 100 valence electrons. The molecule has 0 fully saturated rings. The van der Waals surface area contributed by atoms with Crippen molar-refractivity contribution < 1.29 is 0 Å². The predicted molar refractivity (Wildman–Crippen MR) is 85.2 cm³/mol. The average Bonchev–Trinajstić information content (AvgIpc) is 2.72. The van der Waals surface area contributed by atoms with Crippen LogP contribution in [0.4, 0.5) is 0 Å². The van der Waals surface area contributed by atoms with Crippen LogP contribution in [0.2, 0.25) is 0 Å². The summed E-state index contributed by atoms with van der Waals surface area (Å²) < 4.78 is 0. The molecule has 3 rings (SSSR count). The van der Waals surface area contributed by atoms with E-state index in [1.165, 1.54) is 42.5 Å². The van der Waals surface area contributed by atoms with Gasteiger partial charge < -0.3 is 0 Å². The minimum Gasteiger partial charge on any atom is -0.265 e. The van der Waals surface area contributed by atoms with Crippen LogP contribution in [0.3, 0.4) is 0 Å². The van der Waals surface area contributed by atoms with E-state index >= 15 is 0 Å². The van der Waals surface area contributed by atoms with Crippen molar-refractivity contribution in [1.82, 2.24) is 4.98 Å². The van der Waals surface area contributed by atoms with Crippen molar-refractivity contribution in [2.45, 2.75) is 43.4 Å². The fourth-order valence-electron chi connectivity index (χ4n) is 2.67. The molecule has 0 saturated heterocycles. The van der Waals surface area contributed by atoms with Crippen LogP contribution in [0.25, 0.3) is 0 Å². The zero-order valence-electron chi connectivity index (χ0n) is 10.9. The molecular weight excluding hydrogens is 318 g/mol. The third kappa shape index (κ3) is 3.26. The lowest BCUT2D eigenvalue weighted by Gasteiger charge is -2.07. The van der Waals surface area contributed by atoms with Crippen LogP contribution >= 0.6 is 27.3 Å². The summed E-state index contributed by atoms with van der Waals surface area (Å²) in [6.07, 6.45) is 11.5. The fourth-order valence-corrected chi connectivity index (χ4v) is 4.69. The van der Waals surface area contributed by atoms with Gasteiger partial charge in [0.15, 0.2) is 0 Å². The lowest BCUT2D eigenvalue weighted by Crippen LogP contribution is -1.93. The molecule has 2 aromatic heterocycles. The van der Waals surface area contributed by atoms with E-state index in [1.807, 2.05) is 23.7 Å². The van der Waals surface area contributed by atoms with E-state index in [1.54, 1.807) is 10.4 Å². The number of hydrogen-bond donors (Lipinski definition) is 0. The molecule has 0 radical (unpaired) electrons. The Morgan fingerprint density at radius 3 is 2.79 bits per heavy atom. The summed E-state index contributed by atoms with van der Waals surface area (Å²) >= 11 is 5.87. The van der Waals surface area contributed by atoms with Gasteiger partial charge >= 0.3 is 0 Å². The standard InChI is InChI=1S/C16H18BrNS/c17-14(10-12-6-8-18-9-7-12)16-11-13-4-2-1-3-5-15(13)19-16/h6-9,11,14H,1-5,10H2. The number of rotatable bonds is 3. The molecule has 1 aliphatic rings. The normalized spacial score (nSPS) is 16.7. The van der Waals surface area contributed by atoms with Gasteiger partial charge in [-0.05, 0) is 61.4 Å². The van der Waals surface area contributed by atoms with Crippen molar-refractivity contribution in [2.24, 2.45) is 0 Å². The molecule has 0 amide bonds. The number of alkyl halides is 1. The first-order valence-electron chi connectivity index (χ1n) is 6.97. The van der Waals surface area contributed by atoms with E-state index < -0.39 is 0 Å². The first-order chi connectivity index (χ1) is 9.33.